The molecule has 0 aliphatic carbocycles. The minimum absolute atomic E-state index is 0.137. The van der Waals surface area contributed by atoms with Crippen LogP contribution in [0.15, 0.2) is 89.3 Å². The van der Waals surface area contributed by atoms with E-state index in [0.29, 0.717) is 11.8 Å². The number of nitrogens with zero attached hydrogens (tertiary/aromatic N) is 3. The van der Waals surface area contributed by atoms with Gasteiger partial charge in [-0.2, -0.15) is 0 Å². The molecule has 1 aliphatic rings. The van der Waals surface area contributed by atoms with Crippen LogP contribution in [0.5, 0.6) is 0 Å². The number of likely N-dealkylation sites (tertiary alicyclic amines) is 1. The Kier molecular flexibility index (Phi) is 6.03. The first-order chi connectivity index (χ1) is 16.2. The molecule has 1 saturated heterocycles. The Bertz CT molecular complexity index is 1200. The zero-order valence-corrected chi connectivity index (χ0v) is 18.7. The number of carbonyl (C=O) groups is 1. The molecule has 0 spiro atoms. The van der Waals surface area contributed by atoms with E-state index in [0.717, 1.165) is 42.5 Å². The van der Waals surface area contributed by atoms with Gasteiger partial charge < -0.3 is 9.32 Å². The van der Waals surface area contributed by atoms with Gasteiger partial charge in [-0.3, -0.25) is 4.79 Å². The number of carbonyl (C=O) groups excluding carboxylic acids is 1. The van der Waals surface area contributed by atoms with E-state index in [2.05, 4.69) is 41.4 Å². The molecule has 1 aliphatic heterocycles. The fourth-order valence-electron chi connectivity index (χ4n) is 4.65. The van der Waals surface area contributed by atoms with E-state index in [4.69, 9.17) is 4.42 Å². The number of aromatic nitrogens is 2. The second-order valence-electron chi connectivity index (χ2n) is 8.45. The van der Waals surface area contributed by atoms with Crippen LogP contribution < -0.4 is 0 Å². The van der Waals surface area contributed by atoms with Crippen molar-refractivity contribution in [2.45, 2.75) is 38.1 Å². The lowest BCUT2D eigenvalue weighted by Gasteiger charge is -2.27. The van der Waals surface area contributed by atoms with Crippen molar-refractivity contribution in [3.05, 3.63) is 96.4 Å². The van der Waals surface area contributed by atoms with Gasteiger partial charge in [0.25, 0.3) is 0 Å². The van der Waals surface area contributed by atoms with Gasteiger partial charge in [0, 0.05) is 12.1 Å². The summed E-state index contributed by atoms with van der Waals surface area (Å²) in [6.07, 6.45) is 2.53. The number of hydrogen-bond acceptors (Lipinski definition) is 4. The van der Waals surface area contributed by atoms with Crippen LogP contribution in [0.3, 0.4) is 0 Å². The summed E-state index contributed by atoms with van der Waals surface area (Å²) >= 11 is 0. The van der Waals surface area contributed by atoms with Crippen LogP contribution >= 0.6 is 0 Å². The third kappa shape index (κ3) is 4.31. The van der Waals surface area contributed by atoms with Crippen LogP contribution in [0.25, 0.3) is 22.6 Å². The highest BCUT2D eigenvalue weighted by Crippen LogP contribution is 2.36. The summed E-state index contributed by atoms with van der Waals surface area (Å²) in [7, 11) is 0. The van der Waals surface area contributed by atoms with E-state index >= 15 is 0 Å². The molecule has 166 valence electrons. The Morgan fingerprint density at radius 2 is 1.55 bits per heavy atom. The Labute approximate surface area is 194 Å². The molecule has 5 nitrogen and oxygen atoms in total. The van der Waals surface area contributed by atoms with Gasteiger partial charge in [0.2, 0.25) is 17.7 Å². The van der Waals surface area contributed by atoms with Gasteiger partial charge >= 0.3 is 0 Å². The van der Waals surface area contributed by atoms with E-state index < -0.39 is 0 Å². The molecule has 2 heterocycles. The predicted molar refractivity (Wildman–Crippen MR) is 128 cm³/mol. The summed E-state index contributed by atoms with van der Waals surface area (Å²) in [5.74, 6) is 0.989. The molecule has 0 bridgehead atoms. The number of amides is 1. The molecular formula is C28H27N3O2. The van der Waals surface area contributed by atoms with Crippen molar-refractivity contribution in [1.29, 1.82) is 0 Å². The van der Waals surface area contributed by atoms with E-state index in [1.807, 2.05) is 65.6 Å². The van der Waals surface area contributed by atoms with Gasteiger partial charge in [0.05, 0.1) is 5.92 Å². The molecule has 2 atom stereocenters. The maximum Gasteiger partial charge on any atom is 0.247 e. The fraction of sp³-hybridized carbons (Fsp3) is 0.250. The SMILES string of the molecule is CCC(C(=O)N1CCCC1c1nnc(-c2ccc(-c3ccccc3)cc2)o1)c1ccccc1. The van der Waals surface area contributed by atoms with Crippen molar-refractivity contribution in [2.24, 2.45) is 0 Å². The molecular weight excluding hydrogens is 410 g/mol. The number of rotatable bonds is 6. The minimum Gasteiger partial charge on any atom is -0.418 e. The quantitative estimate of drug-likeness (QED) is 0.357. The summed E-state index contributed by atoms with van der Waals surface area (Å²) in [5, 5.41) is 8.63. The third-order valence-corrected chi connectivity index (χ3v) is 6.41. The van der Waals surface area contributed by atoms with Crippen LogP contribution in [-0.2, 0) is 4.79 Å². The molecule has 2 unspecified atom stereocenters. The predicted octanol–water partition coefficient (Wildman–Crippen LogP) is 6.26. The van der Waals surface area contributed by atoms with Gasteiger partial charge in [-0.15, -0.1) is 10.2 Å². The maximum absolute atomic E-state index is 13.4. The Morgan fingerprint density at radius 3 is 2.24 bits per heavy atom. The lowest BCUT2D eigenvalue weighted by molar-refractivity contribution is -0.134. The summed E-state index contributed by atoms with van der Waals surface area (Å²) < 4.78 is 6.08. The first-order valence-electron chi connectivity index (χ1n) is 11.6. The normalized spacial score (nSPS) is 16.6. The van der Waals surface area contributed by atoms with Crippen molar-refractivity contribution in [2.75, 3.05) is 6.54 Å². The van der Waals surface area contributed by atoms with Gasteiger partial charge in [-0.05, 0) is 48.1 Å². The number of benzene rings is 3. The lowest BCUT2D eigenvalue weighted by atomic mass is 9.94. The molecule has 3 aromatic carbocycles. The van der Waals surface area contributed by atoms with Gasteiger partial charge in [-0.25, -0.2) is 0 Å². The van der Waals surface area contributed by atoms with Crippen LogP contribution in [0.1, 0.15) is 49.6 Å². The lowest BCUT2D eigenvalue weighted by Crippen LogP contribution is -2.34. The summed E-state index contributed by atoms with van der Waals surface area (Å²) in [5.41, 5.74) is 4.23. The topological polar surface area (TPSA) is 59.2 Å². The second-order valence-corrected chi connectivity index (χ2v) is 8.45. The highest BCUT2D eigenvalue weighted by atomic mass is 16.4. The van der Waals surface area contributed by atoms with E-state index in [1.54, 1.807) is 0 Å². The van der Waals surface area contributed by atoms with E-state index in [9.17, 15) is 4.79 Å². The molecule has 0 N–H and O–H groups in total. The van der Waals surface area contributed by atoms with Crippen molar-refractivity contribution < 1.29 is 9.21 Å². The van der Waals surface area contributed by atoms with E-state index in [1.165, 1.54) is 5.56 Å². The number of hydrogen-bond donors (Lipinski definition) is 0. The molecule has 1 fully saturated rings. The highest BCUT2D eigenvalue weighted by molar-refractivity contribution is 5.84. The highest BCUT2D eigenvalue weighted by Gasteiger charge is 2.37. The van der Waals surface area contributed by atoms with Crippen molar-refractivity contribution in [3.8, 4) is 22.6 Å². The molecule has 5 rings (SSSR count). The largest absolute Gasteiger partial charge is 0.418 e. The Morgan fingerprint density at radius 1 is 0.909 bits per heavy atom. The van der Waals surface area contributed by atoms with Crippen LogP contribution in [-0.4, -0.2) is 27.5 Å². The fourth-order valence-corrected chi connectivity index (χ4v) is 4.65. The molecule has 4 aromatic rings. The van der Waals surface area contributed by atoms with Gasteiger partial charge in [-0.1, -0.05) is 79.7 Å². The van der Waals surface area contributed by atoms with Gasteiger partial charge in [0.15, 0.2) is 0 Å². The molecule has 33 heavy (non-hydrogen) atoms. The molecule has 5 heteroatoms. The monoisotopic (exact) mass is 437 g/mol. The standard InChI is InChI=1S/C28H27N3O2/c1-2-24(22-12-7-4-8-13-22)28(32)31-19-9-14-25(31)27-30-29-26(33-27)23-17-15-21(16-18-23)20-10-5-3-6-11-20/h3-8,10-13,15-18,24-25H,2,9,14,19H2,1H3. The maximum atomic E-state index is 13.4. The summed E-state index contributed by atoms with van der Waals surface area (Å²) in [6, 6.07) is 28.2. The van der Waals surface area contributed by atoms with Crippen LogP contribution in [0.2, 0.25) is 0 Å². The first kappa shape index (κ1) is 21.1. The average molecular weight is 438 g/mol. The Balaban J connectivity index is 1.35. The zero-order chi connectivity index (χ0) is 22.6. The smallest absolute Gasteiger partial charge is 0.247 e. The molecule has 0 radical (unpaired) electrons. The second kappa shape index (κ2) is 9.41. The van der Waals surface area contributed by atoms with Crippen molar-refractivity contribution in [1.82, 2.24) is 15.1 Å². The summed E-state index contributed by atoms with van der Waals surface area (Å²) in [4.78, 5) is 15.4. The van der Waals surface area contributed by atoms with E-state index in [-0.39, 0.29) is 17.9 Å². The molecule has 0 saturated carbocycles. The molecule has 1 aromatic heterocycles. The Hall–Kier alpha value is -3.73. The minimum atomic E-state index is -0.167. The van der Waals surface area contributed by atoms with Crippen LogP contribution in [0.4, 0.5) is 0 Å². The third-order valence-electron chi connectivity index (χ3n) is 6.41. The average Bonchev–Trinajstić information content (AvgIpc) is 3.56. The van der Waals surface area contributed by atoms with Crippen LogP contribution in [0, 0.1) is 0 Å². The molecule has 1 amide bonds. The zero-order valence-electron chi connectivity index (χ0n) is 18.7. The summed E-state index contributed by atoms with van der Waals surface area (Å²) in [6.45, 7) is 2.78. The van der Waals surface area contributed by atoms with Gasteiger partial charge in [0.1, 0.15) is 6.04 Å². The first-order valence-corrected chi connectivity index (χ1v) is 11.6. The van der Waals surface area contributed by atoms with Crippen molar-refractivity contribution >= 4 is 5.91 Å². The van der Waals surface area contributed by atoms with Crippen molar-refractivity contribution in [3.63, 3.8) is 0 Å².